The summed E-state index contributed by atoms with van der Waals surface area (Å²) in [5, 5.41) is 0. The quantitative estimate of drug-likeness (QED) is 0.741. The van der Waals surface area contributed by atoms with Crippen molar-refractivity contribution in [2.45, 2.75) is 4.90 Å². The van der Waals surface area contributed by atoms with Crippen LogP contribution in [0.1, 0.15) is 0 Å². The number of oxazole rings is 1. The van der Waals surface area contributed by atoms with Crippen molar-refractivity contribution in [1.82, 2.24) is 4.98 Å². The number of benzene rings is 2. The smallest absolute Gasteiger partial charge is 0.182 e. The van der Waals surface area contributed by atoms with E-state index in [1.54, 1.807) is 30.3 Å². The van der Waals surface area contributed by atoms with E-state index in [4.69, 9.17) is 4.42 Å². The Morgan fingerprint density at radius 3 is 2.41 bits per heavy atom. The normalized spacial score (nSPS) is 11.5. The molecule has 0 unspecified atom stereocenters. The van der Waals surface area contributed by atoms with Crippen LogP contribution in [0.5, 0.6) is 0 Å². The maximum Gasteiger partial charge on any atom is 0.182 e. The number of halogens is 1. The molecule has 3 rings (SSSR count). The van der Waals surface area contributed by atoms with E-state index in [1.165, 1.54) is 24.6 Å². The second-order valence-electron chi connectivity index (χ2n) is 4.81. The third kappa shape index (κ3) is 2.65. The number of rotatable bonds is 3. The van der Waals surface area contributed by atoms with E-state index in [2.05, 4.69) is 4.98 Å². The second-order valence-corrected chi connectivity index (χ2v) is 6.79. The molecule has 0 aliphatic carbocycles. The van der Waals surface area contributed by atoms with Gasteiger partial charge in [0.05, 0.1) is 4.90 Å². The zero-order chi connectivity index (χ0) is 15.7. The first-order valence-corrected chi connectivity index (χ1v) is 8.35. The molecule has 3 aromatic rings. The van der Waals surface area contributed by atoms with Gasteiger partial charge in [0.1, 0.15) is 11.5 Å². The lowest BCUT2D eigenvalue weighted by Crippen LogP contribution is -1.99. The van der Waals surface area contributed by atoms with E-state index in [0.29, 0.717) is 22.6 Å². The molecule has 6 heteroatoms. The van der Waals surface area contributed by atoms with Gasteiger partial charge in [-0.3, -0.25) is 0 Å². The Morgan fingerprint density at radius 2 is 1.73 bits per heavy atom. The molecule has 0 N–H and O–H groups in total. The fourth-order valence-corrected chi connectivity index (χ4v) is 3.11. The predicted octanol–water partition coefficient (Wildman–Crippen LogP) is 3.55. The van der Waals surface area contributed by atoms with Crippen LogP contribution in [0.3, 0.4) is 0 Å². The molecule has 2 aromatic carbocycles. The summed E-state index contributed by atoms with van der Waals surface area (Å²) < 4.78 is 42.3. The van der Waals surface area contributed by atoms with Gasteiger partial charge in [-0.2, -0.15) is 0 Å². The number of hydrogen-bond donors (Lipinski definition) is 0. The highest BCUT2D eigenvalue weighted by Crippen LogP contribution is 2.34. The SMILES string of the molecule is CS(=O)(=O)c1ccccc1-c1ocnc1-c1ccc(F)cc1. The maximum absolute atomic E-state index is 13.0. The van der Waals surface area contributed by atoms with Gasteiger partial charge < -0.3 is 4.42 Å². The van der Waals surface area contributed by atoms with Gasteiger partial charge in [-0.1, -0.05) is 12.1 Å². The Balaban J connectivity index is 2.20. The third-order valence-corrected chi connectivity index (χ3v) is 4.37. The molecule has 0 spiro atoms. The first-order chi connectivity index (χ1) is 10.5. The predicted molar refractivity (Wildman–Crippen MR) is 80.4 cm³/mol. The monoisotopic (exact) mass is 317 g/mol. The minimum atomic E-state index is -3.41. The molecular formula is C16H12FNO3S. The first-order valence-electron chi connectivity index (χ1n) is 6.46. The van der Waals surface area contributed by atoms with Crippen LogP contribution < -0.4 is 0 Å². The molecule has 0 saturated heterocycles. The number of aromatic nitrogens is 1. The highest BCUT2D eigenvalue weighted by molar-refractivity contribution is 7.90. The molecule has 22 heavy (non-hydrogen) atoms. The van der Waals surface area contributed by atoms with Gasteiger partial charge in [0.25, 0.3) is 0 Å². The van der Waals surface area contributed by atoms with Crippen LogP contribution >= 0.6 is 0 Å². The summed E-state index contributed by atoms with van der Waals surface area (Å²) in [5.41, 5.74) is 1.55. The summed E-state index contributed by atoms with van der Waals surface area (Å²) in [6, 6.07) is 12.3. The highest BCUT2D eigenvalue weighted by Gasteiger charge is 2.20. The van der Waals surface area contributed by atoms with Crippen LogP contribution in [0.15, 0.2) is 64.2 Å². The van der Waals surface area contributed by atoms with Crippen molar-refractivity contribution < 1.29 is 17.2 Å². The molecule has 0 aliphatic heterocycles. The molecule has 1 heterocycles. The summed E-state index contributed by atoms with van der Waals surface area (Å²) in [6.07, 6.45) is 2.38. The second kappa shape index (κ2) is 5.38. The first kappa shape index (κ1) is 14.5. The van der Waals surface area contributed by atoms with Crippen molar-refractivity contribution >= 4 is 9.84 Å². The summed E-state index contributed by atoms with van der Waals surface area (Å²) in [5.74, 6) is -0.0158. The van der Waals surface area contributed by atoms with Gasteiger partial charge in [0.15, 0.2) is 22.0 Å². The third-order valence-electron chi connectivity index (χ3n) is 3.22. The molecule has 0 aliphatic rings. The fourth-order valence-electron chi connectivity index (χ4n) is 2.23. The average molecular weight is 317 g/mol. The Hall–Kier alpha value is -2.47. The van der Waals surface area contributed by atoms with Gasteiger partial charge in [-0.15, -0.1) is 0 Å². The topological polar surface area (TPSA) is 60.2 Å². The van der Waals surface area contributed by atoms with Gasteiger partial charge in [-0.25, -0.2) is 17.8 Å². The Labute approximate surface area is 127 Å². The number of sulfone groups is 1. The minimum absolute atomic E-state index is 0.162. The highest BCUT2D eigenvalue weighted by atomic mass is 32.2. The molecule has 0 atom stereocenters. The standard InChI is InChI=1S/C16H12FNO3S/c1-22(19,20)14-5-3-2-4-13(14)16-15(18-10-21-16)11-6-8-12(17)9-7-11/h2-10H,1H3. The van der Waals surface area contributed by atoms with Crippen molar-refractivity contribution in [3.8, 4) is 22.6 Å². The van der Waals surface area contributed by atoms with Crippen LogP contribution in [0.25, 0.3) is 22.6 Å². The fraction of sp³-hybridized carbons (Fsp3) is 0.0625. The minimum Gasteiger partial charge on any atom is -0.443 e. The molecule has 4 nitrogen and oxygen atoms in total. The zero-order valence-corrected chi connectivity index (χ0v) is 12.5. The molecule has 0 saturated carbocycles. The molecule has 1 aromatic heterocycles. The van der Waals surface area contributed by atoms with Crippen molar-refractivity contribution in [1.29, 1.82) is 0 Å². The molecule has 0 fully saturated rings. The molecule has 0 radical (unpaired) electrons. The van der Waals surface area contributed by atoms with E-state index < -0.39 is 9.84 Å². The van der Waals surface area contributed by atoms with E-state index in [1.807, 2.05) is 0 Å². The summed E-state index contributed by atoms with van der Waals surface area (Å²) in [6.45, 7) is 0. The van der Waals surface area contributed by atoms with Crippen molar-refractivity contribution in [2.24, 2.45) is 0 Å². The molecule has 0 amide bonds. The van der Waals surface area contributed by atoms with Crippen molar-refractivity contribution in [3.63, 3.8) is 0 Å². The van der Waals surface area contributed by atoms with Crippen LogP contribution in [-0.4, -0.2) is 19.7 Å². The van der Waals surface area contributed by atoms with Crippen molar-refractivity contribution in [2.75, 3.05) is 6.26 Å². The molecule has 0 bridgehead atoms. The Morgan fingerprint density at radius 1 is 1.05 bits per heavy atom. The zero-order valence-electron chi connectivity index (χ0n) is 11.7. The van der Waals surface area contributed by atoms with Crippen LogP contribution in [0.2, 0.25) is 0 Å². The lowest BCUT2D eigenvalue weighted by Gasteiger charge is -2.07. The summed E-state index contributed by atoms with van der Waals surface area (Å²) >= 11 is 0. The lowest BCUT2D eigenvalue weighted by atomic mass is 10.1. The average Bonchev–Trinajstić information content (AvgIpc) is 2.96. The van der Waals surface area contributed by atoms with E-state index in [-0.39, 0.29) is 10.7 Å². The largest absolute Gasteiger partial charge is 0.443 e. The van der Waals surface area contributed by atoms with E-state index in [0.717, 1.165) is 6.26 Å². The number of nitrogens with zero attached hydrogens (tertiary/aromatic N) is 1. The molecular weight excluding hydrogens is 305 g/mol. The Bertz CT molecular complexity index is 915. The molecule has 112 valence electrons. The van der Waals surface area contributed by atoms with Gasteiger partial charge in [0.2, 0.25) is 0 Å². The summed E-state index contributed by atoms with van der Waals surface area (Å²) in [7, 11) is -3.41. The Kier molecular flexibility index (Phi) is 3.54. The van der Waals surface area contributed by atoms with E-state index >= 15 is 0 Å². The summed E-state index contributed by atoms with van der Waals surface area (Å²) in [4.78, 5) is 4.29. The van der Waals surface area contributed by atoms with Crippen LogP contribution in [0, 0.1) is 5.82 Å². The van der Waals surface area contributed by atoms with Crippen LogP contribution in [0.4, 0.5) is 4.39 Å². The maximum atomic E-state index is 13.0. The van der Waals surface area contributed by atoms with Crippen LogP contribution in [-0.2, 0) is 9.84 Å². The van der Waals surface area contributed by atoms with E-state index in [9.17, 15) is 12.8 Å². The lowest BCUT2D eigenvalue weighted by molar-refractivity contribution is 0.569. The van der Waals surface area contributed by atoms with Gasteiger partial charge >= 0.3 is 0 Å². The van der Waals surface area contributed by atoms with Crippen molar-refractivity contribution in [3.05, 3.63) is 60.7 Å². The number of hydrogen-bond acceptors (Lipinski definition) is 4. The van der Waals surface area contributed by atoms with Gasteiger partial charge in [-0.05, 0) is 36.4 Å². The van der Waals surface area contributed by atoms with Gasteiger partial charge in [0, 0.05) is 17.4 Å².